The van der Waals surface area contributed by atoms with Gasteiger partial charge in [-0.3, -0.25) is 4.79 Å². The smallest absolute Gasteiger partial charge is 0.222 e. The first-order valence-electron chi connectivity index (χ1n) is 3.74. The SMILES string of the molecule is CC(N)C1OC1C(C)C(N)=O. The maximum Gasteiger partial charge on any atom is 0.222 e. The minimum atomic E-state index is -0.321. The Labute approximate surface area is 65.9 Å². The molecule has 0 aromatic carbocycles. The van der Waals surface area contributed by atoms with Crippen LogP contribution in [0.5, 0.6) is 0 Å². The molecule has 4 N–H and O–H groups in total. The van der Waals surface area contributed by atoms with Crippen LogP contribution < -0.4 is 11.5 Å². The first kappa shape index (κ1) is 8.49. The molecule has 4 unspecified atom stereocenters. The summed E-state index contributed by atoms with van der Waals surface area (Å²) in [5.41, 5.74) is 10.6. The monoisotopic (exact) mass is 158 g/mol. The van der Waals surface area contributed by atoms with E-state index in [2.05, 4.69) is 0 Å². The molecule has 0 aromatic rings. The number of epoxide rings is 1. The third kappa shape index (κ3) is 1.70. The van der Waals surface area contributed by atoms with Gasteiger partial charge in [0.25, 0.3) is 0 Å². The molecule has 0 aliphatic carbocycles. The van der Waals surface area contributed by atoms with E-state index in [-0.39, 0.29) is 30.1 Å². The standard InChI is InChI=1S/C7H14N2O2/c1-3(7(9)10)5-6(11-5)4(2)8/h3-6H,8H2,1-2H3,(H2,9,10). The molecule has 0 aromatic heterocycles. The largest absolute Gasteiger partial charge is 0.369 e. The minimum Gasteiger partial charge on any atom is -0.369 e. The second-order valence-electron chi connectivity index (χ2n) is 3.12. The van der Waals surface area contributed by atoms with Crippen LogP contribution in [0.3, 0.4) is 0 Å². The quantitative estimate of drug-likeness (QED) is 0.529. The van der Waals surface area contributed by atoms with Crippen molar-refractivity contribution in [3.05, 3.63) is 0 Å². The molecular weight excluding hydrogens is 144 g/mol. The Morgan fingerprint density at radius 3 is 2.27 bits per heavy atom. The van der Waals surface area contributed by atoms with Crippen LogP contribution in [0.15, 0.2) is 0 Å². The Hall–Kier alpha value is -0.610. The Bertz CT molecular complexity index is 170. The van der Waals surface area contributed by atoms with Gasteiger partial charge in [-0.1, -0.05) is 6.92 Å². The van der Waals surface area contributed by atoms with Gasteiger partial charge in [0.1, 0.15) is 0 Å². The molecule has 1 rings (SSSR count). The lowest BCUT2D eigenvalue weighted by molar-refractivity contribution is -0.121. The van der Waals surface area contributed by atoms with Crippen molar-refractivity contribution in [3.8, 4) is 0 Å². The van der Waals surface area contributed by atoms with E-state index in [1.807, 2.05) is 6.92 Å². The lowest BCUT2D eigenvalue weighted by Crippen LogP contribution is -2.30. The summed E-state index contributed by atoms with van der Waals surface area (Å²) >= 11 is 0. The maximum atomic E-state index is 10.7. The lowest BCUT2D eigenvalue weighted by atomic mass is 10.0. The van der Waals surface area contributed by atoms with E-state index in [9.17, 15) is 4.79 Å². The normalized spacial score (nSPS) is 34.5. The third-order valence-electron chi connectivity index (χ3n) is 2.02. The fourth-order valence-electron chi connectivity index (χ4n) is 1.12. The van der Waals surface area contributed by atoms with Crippen LogP contribution in [0.2, 0.25) is 0 Å². The molecule has 0 bridgehead atoms. The highest BCUT2D eigenvalue weighted by Gasteiger charge is 2.46. The van der Waals surface area contributed by atoms with Gasteiger partial charge in [-0.05, 0) is 6.92 Å². The molecule has 1 heterocycles. The lowest BCUT2D eigenvalue weighted by Gasteiger charge is -2.02. The number of hydrogen-bond acceptors (Lipinski definition) is 3. The second-order valence-corrected chi connectivity index (χ2v) is 3.12. The van der Waals surface area contributed by atoms with Crippen molar-refractivity contribution in [1.29, 1.82) is 0 Å². The van der Waals surface area contributed by atoms with E-state index in [4.69, 9.17) is 16.2 Å². The number of nitrogens with two attached hydrogens (primary N) is 2. The zero-order chi connectivity index (χ0) is 8.59. The first-order chi connectivity index (χ1) is 5.04. The Balaban J connectivity index is 2.37. The minimum absolute atomic E-state index is 0.0122. The second kappa shape index (κ2) is 2.79. The van der Waals surface area contributed by atoms with E-state index in [0.717, 1.165) is 0 Å². The van der Waals surface area contributed by atoms with Crippen molar-refractivity contribution in [3.63, 3.8) is 0 Å². The summed E-state index contributed by atoms with van der Waals surface area (Å²) in [5.74, 6) is -0.538. The molecule has 4 nitrogen and oxygen atoms in total. The highest BCUT2D eigenvalue weighted by Crippen LogP contribution is 2.30. The van der Waals surface area contributed by atoms with Crippen LogP contribution in [0.1, 0.15) is 13.8 Å². The summed E-state index contributed by atoms with van der Waals surface area (Å²) < 4.78 is 5.18. The molecular formula is C7H14N2O2. The van der Waals surface area contributed by atoms with Crippen LogP contribution in [0.25, 0.3) is 0 Å². The number of carbonyl (C=O) groups excluding carboxylic acids is 1. The summed E-state index contributed by atoms with van der Waals surface area (Å²) in [6.45, 7) is 3.62. The van der Waals surface area contributed by atoms with Gasteiger partial charge in [-0.15, -0.1) is 0 Å². The van der Waals surface area contributed by atoms with Gasteiger partial charge in [0, 0.05) is 6.04 Å². The van der Waals surface area contributed by atoms with Gasteiger partial charge < -0.3 is 16.2 Å². The Kier molecular flexibility index (Phi) is 2.15. The number of primary amides is 1. The summed E-state index contributed by atoms with van der Waals surface area (Å²) in [6.07, 6.45) is -0.0231. The molecule has 0 saturated carbocycles. The highest BCUT2D eigenvalue weighted by molar-refractivity contribution is 5.77. The van der Waals surface area contributed by atoms with Crippen molar-refractivity contribution in [2.24, 2.45) is 17.4 Å². The van der Waals surface area contributed by atoms with Crippen LogP contribution in [0, 0.1) is 5.92 Å². The van der Waals surface area contributed by atoms with E-state index in [1.165, 1.54) is 0 Å². The molecule has 4 atom stereocenters. The number of ether oxygens (including phenoxy) is 1. The van der Waals surface area contributed by atoms with Gasteiger partial charge >= 0.3 is 0 Å². The van der Waals surface area contributed by atoms with E-state index >= 15 is 0 Å². The van der Waals surface area contributed by atoms with Gasteiger partial charge in [0.2, 0.25) is 5.91 Å². The van der Waals surface area contributed by atoms with Crippen molar-refractivity contribution in [1.82, 2.24) is 0 Å². The highest BCUT2D eigenvalue weighted by atomic mass is 16.6. The predicted molar refractivity (Wildman–Crippen MR) is 40.7 cm³/mol. The first-order valence-corrected chi connectivity index (χ1v) is 3.74. The summed E-state index contributed by atoms with van der Waals surface area (Å²) in [5, 5.41) is 0. The van der Waals surface area contributed by atoms with Crippen LogP contribution in [-0.2, 0) is 9.53 Å². The van der Waals surface area contributed by atoms with Crippen molar-refractivity contribution in [2.45, 2.75) is 32.1 Å². The fraction of sp³-hybridized carbons (Fsp3) is 0.857. The average Bonchev–Trinajstić information content (AvgIpc) is 2.63. The van der Waals surface area contributed by atoms with Crippen LogP contribution >= 0.6 is 0 Å². The van der Waals surface area contributed by atoms with Gasteiger partial charge in [-0.2, -0.15) is 0 Å². The molecule has 11 heavy (non-hydrogen) atoms. The zero-order valence-electron chi connectivity index (χ0n) is 6.78. The van der Waals surface area contributed by atoms with Gasteiger partial charge in [0.15, 0.2) is 0 Å². The van der Waals surface area contributed by atoms with Crippen molar-refractivity contribution >= 4 is 5.91 Å². The molecule has 1 aliphatic heterocycles. The predicted octanol–water partition coefficient (Wildman–Crippen LogP) is -0.778. The Morgan fingerprint density at radius 1 is 1.45 bits per heavy atom. The fourth-order valence-corrected chi connectivity index (χ4v) is 1.12. The molecule has 1 fully saturated rings. The molecule has 4 heteroatoms. The third-order valence-corrected chi connectivity index (χ3v) is 2.02. The van der Waals surface area contributed by atoms with Crippen LogP contribution in [0.4, 0.5) is 0 Å². The van der Waals surface area contributed by atoms with E-state index < -0.39 is 0 Å². The number of hydrogen-bond donors (Lipinski definition) is 2. The summed E-state index contributed by atoms with van der Waals surface area (Å²) in [4.78, 5) is 10.7. The molecule has 64 valence electrons. The van der Waals surface area contributed by atoms with Gasteiger partial charge in [-0.25, -0.2) is 0 Å². The van der Waals surface area contributed by atoms with Gasteiger partial charge in [0.05, 0.1) is 18.1 Å². The molecule has 0 spiro atoms. The van der Waals surface area contributed by atoms with Crippen LogP contribution in [-0.4, -0.2) is 24.2 Å². The molecule has 1 amide bonds. The number of carbonyl (C=O) groups is 1. The zero-order valence-corrected chi connectivity index (χ0v) is 6.78. The number of amides is 1. The maximum absolute atomic E-state index is 10.7. The summed E-state index contributed by atoms with van der Waals surface area (Å²) in [7, 11) is 0. The van der Waals surface area contributed by atoms with Crippen molar-refractivity contribution in [2.75, 3.05) is 0 Å². The number of rotatable bonds is 3. The Morgan fingerprint density at radius 2 is 2.00 bits per heavy atom. The molecule has 1 aliphatic rings. The van der Waals surface area contributed by atoms with E-state index in [0.29, 0.717) is 0 Å². The van der Waals surface area contributed by atoms with E-state index in [1.54, 1.807) is 6.92 Å². The topological polar surface area (TPSA) is 81.6 Å². The molecule has 0 radical (unpaired) electrons. The average molecular weight is 158 g/mol. The molecule has 1 saturated heterocycles. The summed E-state index contributed by atoms with van der Waals surface area (Å²) in [6, 6.07) is -0.0122. The van der Waals surface area contributed by atoms with Crippen molar-refractivity contribution < 1.29 is 9.53 Å².